The van der Waals surface area contributed by atoms with Gasteiger partial charge in [-0.15, -0.1) is 0 Å². The number of benzene rings is 1. The maximum Gasteiger partial charge on any atom is 0.419 e. The van der Waals surface area contributed by atoms with Gasteiger partial charge in [0.2, 0.25) is 0 Å². The number of nitrogens with zero attached hydrogens (tertiary/aromatic N) is 1. The second-order valence-corrected chi connectivity index (χ2v) is 4.39. The van der Waals surface area contributed by atoms with Gasteiger partial charge in [0.15, 0.2) is 11.7 Å². The molecule has 1 aromatic heterocycles. The Hall–Kier alpha value is -1.89. The molecule has 0 aliphatic carbocycles. The number of nitrogens with one attached hydrogen (secondary N) is 1. The van der Waals surface area contributed by atoms with E-state index in [1.54, 1.807) is 0 Å². The fraction of sp³-hybridized carbons (Fsp3) is 0.357. The molecule has 0 atom stereocenters. The highest BCUT2D eigenvalue weighted by atomic mass is 19.4. The van der Waals surface area contributed by atoms with Crippen molar-refractivity contribution < 1.29 is 22.0 Å². The van der Waals surface area contributed by atoms with Gasteiger partial charge in [0.1, 0.15) is 5.82 Å². The summed E-state index contributed by atoms with van der Waals surface area (Å²) < 4.78 is 57.2. The zero-order chi connectivity index (χ0) is 15.5. The summed E-state index contributed by atoms with van der Waals surface area (Å²) >= 11 is 0. The normalized spacial score (nSPS) is 11.9. The molecule has 21 heavy (non-hydrogen) atoms. The standard InChI is InChI=1S/C14H14F4N2O/c1-2-19-7-6-12-20-8-11(21-12)9-4-3-5-10(13(9)15)14(16,17)18/h3-5,8,19H,2,6-7H2,1H3. The van der Waals surface area contributed by atoms with E-state index >= 15 is 0 Å². The third-order valence-electron chi connectivity index (χ3n) is 2.89. The molecule has 0 saturated heterocycles. The number of rotatable bonds is 5. The van der Waals surface area contributed by atoms with Crippen LogP contribution < -0.4 is 5.32 Å². The molecule has 1 heterocycles. The van der Waals surface area contributed by atoms with E-state index in [0.29, 0.717) is 24.9 Å². The van der Waals surface area contributed by atoms with E-state index in [0.717, 1.165) is 12.6 Å². The molecule has 2 aromatic rings. The van der Waals surface area contributed by atoms with E-state index in [4.69, 9.17) is 4.42 Å². The quantitative estimate of drug-likeness (QED) is 0.677. The van der Waals surface area contributed by atoms with Crippen LogP contribution in [0, 0.1) is 5.82 Å². The molecular weight excluding hydrogens is 288 g/mol. The summed E-state index contributed by atoms with van der Waals surface area (Å²) in [4.78, 5) is 3.94. The van der Waals surface area contributed by atoms with Crippen LogP contribution in [0.25, 0.3) is 11.3 Å². The number of halogens is 4. The fourth-order valence-corrected chi connectivity index (χ4v) is 1.86. The first-order chi connectivity index (χ1) is 9.93. The molecule has 7 heteroatoms. The lowest BCUT2D eigenvalue weighted by atomic mass is 10.1. The van der Waals surface area contributed by atoms with Gasteiger partial charge in [-0.2, -0.15) is 13.2 Å². The smallest absolute Gasteiger partial charge is 0.419 e. The Morgan fingerprint density at radius 3 is 2.71 bits per heavy atom. The predicted octanol–water partition coefficient (Wildman–Crippen LogP) is 3.65. The first-order valence-corrected chi connectivity index (χ1v) is 6.45. The first kappa shape index (κ1) is 15.5. The largest absolute Gasteiger partial charge is 0.441 e. The third kappa shape index (κ3) is 3.60. The van der Waals surface area contributed by atoms with Crippen molar-refractivity contribution in [3.05, 3.63) is 41.7 Å². The van der Waals surface area contributed by atoms with Crippen molar-refractivity contribution in [3.8, 4) is 11.3 Å². The minimum atomic E-state index is -4.74. The van der Waals surface area contributed by atoms with E-state index in [-0.39, 0.29) is 11.3 Å². The molecule has 3 nitrogen and oxygen atoms in total. The van der Waals surface area contributed by atoms with Crippen LogP contribution in [0.2, 0.25) is 0 Å². The predicted molar refractivity (Wildman–Crippen MR) is 69.1 cm³/mol. The van der Waals surface area contributed by atoms with Crippen LogP contribution >= 0.6 is 0 Å². The number of hydrogen-bond acceptors (Lipinski definition) is 3. The van der Waals surface area contributed by atoms with Crippen molar-refractivity contribution >= 4 is 0 Å². The number of aromatic nitrogens is 1. The summed E-state index contributed by atoms with van der Waals surface area (Å²) in [5.74, 6) is -1.01. The third-order valence-corrected chi connectivity index (χ3v) is 2.89. The average molecular weight is 302 g/mol. The topological polar surface area (TPSA) is 38.1 Å². The molecule has 0 radical (unpaired) electrons. The Labute approximate surface area is 119 Å². The van der Waals surface area contributed by atoms with E-state index in [9.17, 15) is 17.6 Å². The fourth-order valence-electron chi connectivity index (χ4n) is 1.86. The maximum atomic E-state index is 13.9. The van der Waals surface area contributed by atoms with Crippen LogP contribution in [-0.2, 0) is 12.6 Å². The van der Waals surface area contributed by atoms with E-state index < -0.39 is 17.6 Å². The molecule has 114 valence electrons. The van der Waals surface area contributed by atoms with Crippen LogP contribution in [0.3, 0.4) is 0 Å². The van der Waals surface area contributed by atoms with Gasteiger partial charge in [-0.05, 0) is 18.7 Å². The number of hydrogen-bond donors (Lipinski definition) is 1. The van der Waals surface area contributed by atoms with Gasteiger partial charge in [-0.3, -0.25) is 0 Å². The molecule has 0 spiro atoms. The molecule has 0 unspecified atom stereocenters. The van der Waals surface area contributed by atoms with E-state index in [1.165, 1.54) is 12.3 Å². The Bertz CT molecular complexity index is 607. The van der Waals surface area contributed by atoms with Crippen molar-refractivity contribution in [1.29, 1.82) is 0 Å². The Morgan fingerprint density at radius 1 is 1.29 bits per heavy atom. The monoisotopic (exact) mass is 302 g/mol. The SMILES string of the molecule is CCNCCc1ncc(-c2cccc(C(F)(F)F)c2F)o1. The summed E-state index contributed by atoms with van der Waals surface area (Å²) in [6.45, 7) is 3.36. The van der Waals surface area contributed by atoms with Crippen molar-refractivity contribution in [3.63, 3.8) is 0 Å². The highest BCUT2D eigenvalue weighted by Crippen LogP contribution is 2.35. The molecule has 0 aliphatic rings. The first-order valence-electron chi connectivity index (χ1n) is 6.45. The zero-order valence-corrected chi connectivity index (χ0v) is 11.3. The van der Waals surface area contributed by atoms with Gasteiger partial charge >= 0.3 is 6.18 Å². The van der Waals surface area contributed by atoms with Crippen molar-refractivity contribution in [2.45, 2.75) is 19.5 Å². The summed E-state index contributed by atoms with van der Waals surface area (Å²) in [5, 5.41) is 3.06. The van der Waals surface area contributed by atoms with Gasteiger partial charge in [0, 0.05) is 13.0 Å². The van der Waals surface area contributed by atoms with E-state index in [2.05, 4.69) is 10.3 Å². The lowest BCUT2D eigenvalue weighted by molar-refractivity contribution is -0.139. The van der Waals surface area contributed by atoms with Gasteiger partial charge in [0.05, 0.1) is 17.3 Å². The van der Waals surface area contributed by atoms with Gasteiger partial charge in [-0.25, -0.2) is 9.37 Å². The van der Waals surface area contributed by atoms with Crippen LogP contribution in [0.1, 0.15) is 18.4 Å². The second-order valence-electron chi connectivity index (χ2n) is 4.39. The van der Waals surface area contributed by atoms with Crippen molar-refractivity contribution in [1.82, 2.24) is 10.3 Å². The number of alkyl halides is 3. The van der Waals surface area contributed by atoms with Crippen molar-refractivity contribution in [2.24, 2.45) is 0 Å². The lowest BCUT2D eigenvalue weighted by Crippen LogP contribution is -2.16. The zero-order valence-electron chi connectivity index (χ0n) is 11.3. The van der Waals surface area contributed by atoms with Crippen molar-refractivity contribution in [2.75, 3.05) is 13.1 Å². The van der Waals surface area contributed by atoms with E-state index in [1.807, 2.05) is 6.92 Å². The number of likely N-dealkylation sites (N-methyl/N-ethyl adjacent to an activating group) is 1. The molecular formula is C14H14F4N2O. The van der Waals surface area contributed by atoms with Crippen LogP contribution in [0.15, 0.2) is 28.8 Å². The van der Waals surface area contributed by atoms with Gasteiger partial charge < -0.3 is 9.73 Å². The minimum absolute atomic E-state index is 0.00917. The molecule has 0 fully saturated rings. The molecule has 0 aliphatic heterocycles. The Kier molecular flexibility index (Phi) is 4.62. The summed E-state index contributed by atoms with van der Waals surface area (Å²) in [6, 6.07) is 3.07. The second kappa shape index (κ2) is 6.26. The number of oxazole rings is 1. The Morgan fingerprint density at radius 2 is 2.05 bits per heavy atom. The van der Waals surface area contributed by atoms with Crippen LogP contribution in [0.4, 0.5) is 17.6 Å². The highest BCUT2D eigenvalue weighted by Gasteiger charge is 2.35. The van der Waals surface area contributed by atoms with Crippen LogP contribution in [0.5, 0.6) is 0 Å². The average Bonchev–Trinajstić information content (AvgIpc) is 2.86. The summed E-state index contributed by atoms with van der Waals surface area (Å²) in [6.07, 6.45) is -3.03. The van der Waals surface area contributed by atoms with Gasteiger partial charge in [0.25, 0.3) is 0 Å². The molecule has 0 bridgehead atoms. The molecule has 0 amide bonds. The summed E-state index contributed by atoms with van der Waals surface area (Å²) in [7, 11) is 0. The lowest BCUT2D eigenvalue weighted by Gasteiger charge is -2.09. The molecule has 2 rings (SSSR count). The molecule has 0 saturated carbocycles. The van der Waals surface area contributed by atoms with Gasteiger partial charge in [-0.1, -0.05) is 13.0 Å². The van der Waals surface area contributed by atoms with Crippen LogP contribution in [-0.4, -0.2) is 18.1 Å². The maximum absolute atomic E-state index is 13.9. The highest BCUT2D eigenvalue weighted by molar-refractivity contribution is 5.59. The Balaban J connectivity index is 2.26. The molecule has 1 aromatic carbocycles. The molecule has 1 N–H and O–H groups in total. The minimum Gasteiger partial charge on any atom is -0.441 e. The summed E-state index contributed by atoms with van der Waals surface area (Å²) in [5.41, 5.74) is -1.56.